The number of amides is 1. The lowest BCUT2D eigenvalue weighted by molar-refractivity contribution is -0.132. The number of benzene rings is 1. The van der Waals surface area contributed by atoms with E-state index in [9.17, 15) is 14.4 Å². The monoisotopic (exact) mass is 397 g/mol. The molecule has 0 radical (unpaired) electrons. The van der Waals surface area contributed by atoms with Crippen LogP contribution in [0.1, 0.15) is 5.82 Å². The Labute approximate surface area is 162 Å². The zero-order chi connectivity index (χ0) is 19.7. The lowest BCUT2D eigenvalue weighted by Crippen LogP contribution is -2.32. The van der Waals surface area contributed by atoms with Crippen molar-refractivity contribution < 1.29 is 13.9 Å². The van der Waals surface area contributed by atoms with Crippen molar-refractivity contribution in [2.45, 2.75) is 6.54 Å². The SMILES string of the molecule is CN(Cc1nc2ccsc2c(=O)[nH]1)C(=O)COc1ccc2ccc(=O)oc2c1. The van der Waals surface area contributed by atoms with Crippen LogP contribution >= 0.6 is 11.3 Å². The van der Waals surface area contributed by atoms with Crippen LogP contribution in [0, 0.1) is 0 Å². The van der Waals surface area contributed by atoms with Crippen LogP contribution in [-0.4, -0.2) is 34.4 Å². The summed E-state index contributed by atoms with van der Waals surface area (Å²) in [6.07, 6.45) is 0. The Kier molecular flexibility index (Phi) is 4.66. The Bertz CT molecular complexity index is 1290. The van der Waals surface area contributed by atoms with E-state index in [1.807, 2.05) is 0 Å². The van der Waals surface area contributed by atoms with Crippen LogP contribution in [0.5, 0.6) is 5.75 Å². The lowest BCUT2D eigenvalue weighted by Gasteiger charge is -2.17. The lowest BCUT2D eigenvalue weighted by atomic mass is 10.2. The van der Waals surface area contributed by atoms with Crippen molar-refractivity contribution in [1.29, 1.82) is 0 Å². The van der Waals surface area contributed by atoms with Gasteiger partial charge in [-0.25, -0.2) is 9.78 Å². The summed E-state index contributed by atoms with van der Waals surface area (Å²) in [7, 11) is 1.60. The van der Waals surface area contributed by atoms with Gasteiger partial charge in [-0.15, -0.1) is 11.3 Å². The summed E-state index contributed by atoms with van der Waals surface area (Å²) in [5.41, 5.74) is 0.324. The van der Waals surface area contributed by atoms with E-state index in [-0.39, 0.29) is 24.6 Å². The first-order chi connectivity index (χ1) is 13.5. The second kappa shape index (κ2) is 7.28. The Morgan fingerprint density at radius 3 is 2.93 bits per heavy atom. The fourth-order valence-electron chi connectivity index (χ4n) is 2.70. The number of hydrogen-bond acceptors (Lipinski definition) is 7. The molecule has 4 aromatic rings. The first-order valence-electron chi connectivity index (χ1n) is 8.37. The molecule has 0 aliphatic heterocycles. The van der Waals surface area contributed by atoms with Gasteiger partial charge in [0.05, 0.1) is 12.1 Å². The van der Waals surface area contributed by atoms with Crippen LogP contribution in [0.2, 0.25) is 0 Å². The zero-order valence-corrected chi connectivity index (χ0v) is 15.6. The molecule has 3 aromatic heterocycles. The fraction of sp³-hybridized carbons (Fsp3) is 0.158. The number of fused-ring (bicyclic) bond motifs is 2. The largest absolute Gasteiger partial charge is 0.484 e. The van der Waals surface area contributed by atoms with Gasteiger partial charge < -0.3 is 19.0 Å². The number of nitrogens with zero attached hydrogens (tertiary/aromatic N) is 2. The van der Waals surface area contributed by atoms with Gasteiger partial charge in [0.1, 0.15) is 21.9 Å². The molecule has 0 fully saturated rings. The third kappa shape index (κ3) is 3.65. The molecule has 4 rings (SSSR count). The van der Waals surface area contributed by atoms with Gasteiger partial charge in [0.25, 0.3) is 11.5 Å². The van der Waals surface area contributed by atoms with Gasteiger partial charge >= 0.3 is 5.63 Å². The van der Waals surface area contributed by atoms with Gasteiger partial charge in [-0.3, -0.25) is 9.59 Å². The summed E-state index contributed by atoms with van der Waals surface area (Å²) in [6, 6.07) is 9.76. The molecule has 0 aliphatic rings. The molecule has 28 heavy (non-hydrogen) atoms. The molecule has 0 spiro atoms. The highest BCUT2D eigenvalue weighted by atomic mass is 32.1. The number of likely N-dealkylation sites (N-methyl/N-ethyl adjacent to an activating group) is 1. The Hall–Kier alpha value is -3.46. The third-order valence-electron chi connectivity index (χ3n) is 4.13. The molecule has 1 N–H and O–H groups in total. The molecule has 0 aliphatic carbocycles. The highest BCUT2D eigenvalue weighted by Crippen LogP contribution is 2.19. The van der Waals surface area contributed by atoms with Crippen molar-refractivity contribution in [2.75, 3.05) is 13.7 Å². The standard InChI is InChI=1S/C19H15N3O5S/c1-22(9-15-20-13-6-7-28-18(13)19(25)21-15)16(23)10-26-12-4-2-11-3-5-17(24)27-14(11)8-12/h2-8H,9-10H2,1H3,(H,20,21,25). The van der Waals surface area contributed by atoms with E-state index in [2.05, 4.69) is 9.97 Å². The number of aromatic nitrogens is 2. The van der Waals surface area contributed by atoms with E-state index >= 15 is 0 Å². The number of thiophene rings is 1. The fourth-order valence-corrected chi connectivity index (χ4v) is 3.42. The molecule has 142 valence electrons. The van der Waals surface area contributed by atoms with Crippen molar-refractivity contribution in [3.63, 3.8) is 0 Å². The Balaban J connectivity index is 1.42. The van der Waals surface area contributed by atoms with Gasteiger partial charge in [0.15, 0.2) is 6.61 Å². The smallest absolute Gasteiger partial charge is 0.336 e. The zero-order valence-electron chi connectivity index (χ0n) is 14.8. The second-order valence-electron chi connectivity index (χ2n) is 6.14. The number of carbonyl (C=O) groups is 1. The summed E-state index contributed by atoms with van der Waals surface area (Å²) < 4.78 is 11.2. The quantitative estimate of drug-likeness (QED) is 0.517. The molecular weight excluding hydrogens is 382 g/mol. The molecule has 0 bridgehead atoms. The van der Waals surface area contributed by atoms with Crippen molar-refractivity contribution in [2.24, 2.45) is 0 Å². The maximum absolute atomic E-state index is 12.3. The number of carbonyl (C=O) groups excluding carboxylic acids is 1. The molecular formula is C19H15N3O5S. The van der Waals surface area contributed by atoms with Crippen LogP contribution in [0.25, 0.3) is 21.2 Å². The van der Waals surface area contributed by atoms with Crippen LogP contribution in [0.4, 0.5) is 0 Å². The molecule has 0 unspecified atom stereocenters. The van der Waals surface area contributed by atoms with Crippen LogP contribution in [-0.2, 0) is 11.3 Å². The van der Waals surface area contributed by atoms with Crippen molar-refractivity contribution in [1.82, 2.24) is 14.9 Å². The van der Waals surface area contributed by atoms with Crippen molar-refractivity contribution in [3.8, 4) is 5.75 Å². The van der Waals surface area contributed by atoms with E-state index in [1.54, 1.807) is 42.8 Å². The molecule has 0 saturated heterocycles. The first kappa shape index (κ1) is 17.9. The number of aromatic amines is 1. The van der Waals surface area contributed by atoms with Crippen molar-refractivity contribution in [3.05, 3.63) is 68.4 Å². The van der Waals surface area contributed by atoms with Gasteiger partial charge in [-0.2, -0.15) is 0 Å². The van der Waals surface area contributed by atoms with Crippen LogP contribution in [0.3, 0.4) is 0 Å². The molecule has 0 saturated carbocycles. The molecule has 9 heteroatoms. The number of ether oxygens (including phenoxy) is 1. The van der Waals surface area contributed by atoms with E-state index in [0.29, 0.717) is 27.4 Å². The maximum atomic E-state index is 12.3. The van der Waals surface area contributed by atoms with Gasteiger partial charge in [0, 0.05) is 24.6 Å². The first-order valence-corrected chi connectivity index (χ1v) is 9.24. The van der Waals surface area contributed by atoms with Gasteiger partial charge in [-0.05, 0) is 29.6 Å². The number of H-pyrrole nitrogens is 1. The minimum atomic E-state index is -0.454. The average molecular weight is 397 g/mol. The Morgan fingerprint density at radius 2 is 2.07 bits per heavy atom. The number of rotatable bonds is 5. The van der Waals surface area contributed by atoms with E-state index in [0.717, 1.165) is 5.39 Å². The minimum absolute atomic E-state index is 0.149. The van der Waals surface area contributed by atoms with Crippen molar-refractivity contribution >= 4 is 38.4 Å². The molecule has 1 aromatic carbocycles. The summed E-state index contributed by atoms with van der Waals surface area (Å²) >= 11 is 1.32. The van der Waals surface area contributed by atoms with E-state index in [4.69, 9.17) is 9.15 Å². The normalized spacial score (nSPS) is 11.0. The predicted octanol–water partition coefficient (Wildman–Crippen LogP) is 2.13. The number of nitrogens with one attached hydrogen (secondary N) is 1. The number of hydrogen-bond donors (Lipinski definition) is 1. The van der Waals surface area contributed by atoms with Crippen LogP contribution < -0.4 is 15.9 Å². The average Bonchev–Trinajstić information content (AvgIpc) is 3.14. The predicted molar refractivity (Wildman–Crippen MR) is 105 cm³/mol. The molecule has 1 amide bonds. The highest BCUT2D eigenvalue weighted by Gasteiger charge is 2.13. The summed E-state index contributed by atoms with van der Waals surface area (Å²) in [4.78, 5) is 44.1. The molecule has 3 heterocycles. The maximum Gasteiger partial charge on any atom is 0.336 e. The summed E-state index contributed by atoms with van der Waals surface area (Å²) in [5.74, 6) is 0.525. The van der Waals surface area contributed by atoms with E-state index < -0.39 is 5.63 Å². The Morgan fingerprint density at radius 1 is 1.25 bits per heavy atom. The molecule has 0 atom stereocenters. The van der Waals surface area contributed by atoms with E-state index in [1.165, 1.54) is 22.3 Å². The summed E-state index contributed by atoms with van der Waals surface area (Å²) in [5, 5.41) is 2.56. The summed E-state index contributed by atoms with van der Waals surface area (Å²) in [6.45, 7) is -0.0557. The highest BCUT2D eigenvalue weighted by molar-refractivity contribution is 7.17. The topological polar surface area (TPSA) is 106 Å². The third-order valence-corrected chi connectivity index (χ3v) is 5.04. The molecule has 8 nitrogen and oxygen atoms in total. The second-order valence-corrected chi connectivity index (χ2v) is 7.06. The van der Waals surface area contributed by atoms with Gasteiger partial charge in [-0.1, -0.05) is 0 Å². The van der Waals surface area contributed by atoms with Gasteiger partial charge in [0.2, 0.25) is 0 Å². The minimum Gasteiger partial charge on any atom is -0.484 e. The van der Waals surface area contributed by atoms with Crippen LogP contribution in [0.15, 0.2) is 55.8 Å².